The number of benzene rings is 2. The first kappa shape index (κ1) is 20.3. The van der Waals surface area contributed by atoms with E-state index in [2.05, 4.69) is 24.4 Å². The Hall–Kier alpha value is -3.02. The molecule has 1 amide bonds. The highest BCUT2D eigenvalue weighted by Gasteiger charge is 2.07. The molecule has 0 bridgehead atoms. The van der Waals surface area contributed by atoms with Crippen LogP contribution >= 0.6 is 0 Å². The number of methoxy groups -OCH3 is 1. The number of carbonyl (C=O) groups excluding carboxylic acids is 1. The quantitative estimate of drug-likeness (QED) is 0.537. The molecular weight excluding hydrogens is 344 g/mol. The molecule has 0 atom stereocenters. The average Bonchev–Trinajstić information content (AvgIpc) is 2.67. The van der Waals surface area contributed by atoms with E-state index in [1.165, 1.54) is 0 Å². The maximum Gasteiger partial charge on any atom is 0.271 e. The van der Waals surface area contributed by atoms with E-state index in [1.807, 2.05) is 25.1 Å². The van der Waals surface area contributed by atoms with Gasteiger partial charge in [0, 0.05) is 5.56 Å². The second-order valence-corrected chi connectivity index (χ2v) is 6.27. The Morgan fingerprint density at radius 1 is 1.11 bits per heavy atom. The highest BCUT2D eigenvalue weighted by atomic mass is 16.5. The van der Waals surface area contributed by atoms with E-state index < -0.39 is 0 Å². The number of carbonyl (C=O) groups is 1. The van der Waals surface area contributed by atoms with Gasteiger partial charge >= 0.3 is 0 Å². The van der Waals surface area contributed by atoms with Gasteiger partial charge in [-0.3, -0.25) is 4.79 Å². The lowest BCUT2D eigenvalue weighted by atomic mass is 10.2. The van der Waals surface area contributed by atoms with Crippen LogP contribution in [-0.2, 0) is 0 Å². The molecule has 0 saturated heterocycles. The molecule has 6 heteroatoms. The van der Waals surface area contributed by atoms with E-state index in [9.17, 15) is 4.79 Å². The number of hydrazone groups is 1. The highest BCUT2D eigenvalue weighted by molar-refractivity contribution is 5.95. The molecule has 6 nitrogen and oxygen atoms in total. The molecule has 0 aliphatic carbocycles. The Labute approximate surface area is 160 Å². The van der Waals surface area contributed by atoms with E-state index in [1.54, 1.807) is 37.6 Å². The molecule has 0 fully saturated rings. The third-order valence-corrected chi connectivity index (χ3v) is 3.57. The first-order valence-corrected chi connectivity index (χ1v) is 8.90. The van der Waals surface area contributed by atoms with Crippen LogP contribution in [0.2, 0.25) is 0 Å². The highest BCUT2D eigenvalue weighted by Crippen LogP contribution is 2.28. The molecule has 0 unspecified atom stereocenters. The molecule has 0 heterocycles. The largest absolute Gasteiger partial charge is 0.494 e. The van der Waals surface area contributed by atoms with Crippen molar-refractivity contribution in [1.82, 2.24) is 5.43 Å². The van der Waals surface area contributed by atoms with Crippen LogP contribution in [0.4, 0.5) is 0 Å². The van der Waals surface area contributed by atoms with Crippen molar-refractivity contribution in [1.29, 1.82) is 0 Å². The molecule has 0 radical (unpaired) electrons. The maximum absolute atomic E-state index is 12.1. The van der Waals surface area contributed by atoms with Gasteiger partial charge in [0.2, 0.25) is 0 Å². The Morgan fingerprint density at radius 3 is 2.48 bits per heavy atom. The topological polar surface area (TPSA) is 69.2 Å². The van der Waals surface area contributed by atoms with E-state index in [4.69, 9.17) is 14.2 Å². The summed E-state index contributed by atoms with van der Waals surface area (Å²) in [5.74, 6) is 2.16. The lowest BCUT2D eigenvalue weighted by Crippen LogP contribution is -2.17. The minimum atomic E-state index is -0.293. The van der Waals surface area contributed by atoms with Crippen LogP contribution in [0.15, 0.2) is 47.6 Å². The fourth-order valence-corrected chi connectivity index (χ4v) is 2.24. The number of hydrogen-bond acceptors (Lipinski definition) is 5. The van der Waals surface area contributed by atoms with Gasteiger partial charge in [0.05, 0.1) is 26.5 Å². The van der Waals surface area contributed by atoms with Gasteiger partial charge < -0.3 is 14.2 Å². The number of hydrogen-bond donors (Lipinski definition) is 1. The molecule has 1 N–H and O–H groups in total. The fourth-order valence-electron chi connectivity index (χ4n) is 2.24. The Bertz CT molecular complexity index is 770. The standard InChI is InChI=1S/C21H26N2O4/c1-5-26-18-9-7-17(8-10-18)21(24)23-22-13-16-6-11-19(20(12-16)25-4)27-14-15(2)3/h6-13,15H,5,14H2,1-4H3,(H,23,24)/b22-13-. The summed E-state index contributed by atoms with van der Waals surface area (Å²) >= 11 is 0. The number of ether oxygens (including phenoxy) is 3. The summed E-state index contributed by atoms with van der Waals surface area (Å²) in [5.41, 5.74) is 3.80. The zero-order valence-corrected chi connectivity index (χ0v) is 16.2. The molecule has 2 rings (SSSR count). The summed E-state index contributed by atoms with van der Waals surface area (Å²) in [6, 6.07) is 12.4. The number of rotatable bonds is 9. The molecule has 144 valence electrons. The third kappa shape index (κ3) is 6.33. The zero-order chi connectivity index (χ0) is 19.6. The lowest BCUT2D eigenvalue weighted by molar-refractivity contribution is 0.0955. The average molecular weight is 370 g/mol. The molecule has 27 heavy (non-hydrogen) atoms. The Balaban J connectivity index is 1.97. The fraction of sp³-hybridized carbons (Fsp3) is 0.333. The SMILES string of the molecule is CCOc1ccc(C(=O)N/N=C\c2ccc(OCC(C)C)c(OC)c2)cc1. The molecule has 0 saturated carbocycles. The van der Waals surface area contributed by atoms with Crippen LogP contribution < -0.4 is 19.6 Å². The molecular formula is C21H26N2O4. The van der Waals surface area contributed by atoms with Gasteiger partial charge in [-0.25, -0.2) is 5.43 Å². The molecule has 0 aliphatic heterocycles. The lowest BCUT2D eigenvalue weighted by Gasteiger charge is -2.12. The van der Waals surface area contributed by atoms with Gasteiger partial charge in [0.1, 0.15) is 5.75 Å². The van der Waals surface area contributed by atoms with Crippen molar-refractivity contribution in [2.45, 2.75) is 20.8 Å². The minimum absolute atomic E-state index is 0.293. The number of nitrogens with one attached hydrogen (secondary N) is 1. The first-order chi connectivity index (χ1) is 13.0. The van der Waals surface area contributed by atoms with Crippen LogP contribution in [0.25, 0.3) is 0 Å². The number of nitrogens with zero attached hydrogens (tertiary/aromatic N) is 1. The summed E-state index contributed by atoms with van der Waals surface area (Å²) in [4.78, 5) is 12.1. The van der Waals surface area contributed by atoms with E-state index >= 15 is 0 Å². The monoisotopic (exact) mass is 370 g/mol. The first-order valence-electron chi connectivity index (χ1n) is 8.90. The third-order valence-electron chi connectivity index (χ3n) is 3.57. The van der Waals surface area contributed by atoms with Gasteiger partial charge in [-0.2, -0.15) is 5.10 Å². The van der Waals surface area contributed by atoms with Gasteiger partial charge in [-0.1, -0.05) is 13.8 Å². The minimum Gasteiger partial charge on any atom is -0.494 e. The maximum atomic E-state index is 12.1. The van der Waals surface area contributed by atoms with Gasteiger partial charge in [0.25, 0.3) is 5.91 Å². The van der Waals surface area contributed by atoms with Crippen LogP contribution in [0.1, 0.15) is 36.7 Å². The molecule has 0 aliphatic rings. The van der Waals surface area contributed by atoms with Gasteiger partial charge in [0.15, 0.2) is 11.5 Å². The molecule has 2 aromatic rings. The van der Waals surface area contributed by atoms with Crippen LogP contribution in [0, 0.1) is 5.92 Å². The Morgan fingerprint density at radius 2 is 1.85 bits per heavy atom. The summed E-state index contributed by atoms with van der Waals surface area (Å²) in [6.07, 6.45) is 1.56. The predicted molar refractivity (Wildman–Crippen MR) is 106 cm³/mol. The molecule has 2 aromatic carbocycles. The summed E-state index contributed by atoms with van der Waals surface area (Å²) < 4.78 is 16.4. The smallest absolute Gasteiger partial charge is 0.271 e. The van der Waals surface area contributed by atoms with Gasteiger partial charge in [-0.05, 0) is 60.9 Å². The van der Waals surface area contributed by atoms with Crippen LogP contribution in [0.5, 0.6) is 17.2 Å². The summed E-state index contributed by atoms with van der Waals surface area (Å²) in [5, 5.41) is 4.00. The second-order valence-electron chi connectivity index (χ2n) is 6.27. The van der Waals surface area contributed by atoms with Crippen molar-refractivity contribution in [3.63, 3.8) is 0 Å². The second kappa shape index (κ2) is 10.2. The van der Waals surface area contributed by atoms with Crippen LogP contribution in [-0.4, -0.2) is 32.4 Å². The van der Waals surface area contributed by atoms with E-state index in [-0.39, 0.29) is 5.91 Å². The Kier molecular flexibility index (Phi) is 7.67. The van der Waals surface area contributed by atoms with Crippen molar-refractivity contribution in [3.05, 3.63) is 53.6 Å². The summed E-state index contributed by atoms with van der Waals surface area (Å²) in [7, 11) is 1.59. The van der Waals surface area contributed by atoms with E-state index in [0.717, 1.165) is 11.3 Å². The summed E-state index contributed by atoms with van der Waals surface area (Å²) in [6.45, 7) is 7.27. The van der Waals surface area contributed by atoms with Gasteiger partial charge in [-0.15, -0.1) is 0 Å². The number of amides is 1. The van der Waals surface area contributed by atoms with E-state index in [0.29, 0.717) is 36.2 Å². The van der Waals surface area contributed by atoms with Crippen molar-refractivity contribution < 1.29 is 19.0 Å². The van der Waals surface area contributed by atoms with Crippen molar-refractivity contribution in [2.75, 3.05) is 20.3 Å². The van der Waals surface area contributed by atoms with Crippen molar-refractivity contribution in [2.24, 2.45) is 11.0 Å². The van der Waals surface area contributed by atoms with Crippen LogP contribution in [0.3, 0.4) is 0 Å². The molecule has 0 aromatic heterocycles. The zero-order valence-electron chi connectivity index (χ0n) is 16.2. The predicted octanol–water partition coefficient (Wildman–Crippen LogP) is 3.89. The van der Waals surface area contributed by atoms with Crippen molar-refractivity contribution >= 4 is 12.1 Å². The molecule has 0 spiro atoms. The van der Waals surface area contributed by atoms with Crippen molar-refractivity contribution in [3.8, 4) is 17.2 Å². The normalized spacial score (nSPS) is 10.9.